The van der Waals surface area contributed by atoms with Crippen LogP contribution in [0.3, 0.4) is 0 Å². The molecule has 1 aliphatic rings. The molecule has 1 aliphatic heterocycles. The standard InChI is InChI=1S/C33H36ClFN2O6/c1-32(2,3)43-30(40)36-26(17-22-9-11-24(12-10-22)27-18-25(34)13-14-28(27)35)19-33(29(38)39)15-16-37(21-33)31(41)42-20-23-7-5-4-6-8-23/h4-14,18,26H,15-17,19-21H2,1-3H3,(H,36,40)(H,38,39)/t26-,33?/m1/s1. The number of benzene rings is 3. The zero-order valence-electron chi connectivity index (χ0n) is 24.4. The van der Waals surface area contributed by atoms with Gasteiger partial charge >= 0.3 is 18.2 Å². The first-order valence-corrected chi connectivity index (χ1v) is 14.4. The number of halogens is 2. The summed E-state index contributed by atoms with van der Waals surface area (Å²) in [4.78, 5) is 39.7. The van der Waals surface area contributed by atoms with Gasteiger partial charge in [-0.15, -0.1) is 0 Å². The van der Waals surface area contributed by atoms with Gasteiger partial charge in [-0.25, -0.2) is 14.0 Å². The maximum Gasteiger partial charge on any atom is 0.410 e. The van der Waals surface area contributed by atoms with E-state index in [1.165, 1.54) is 17.0 Å². The van der Waals surface area contributed by atoms with Crippen LogP contribution in [0.2, 0.25) is 5.02 Å². The molecule has 10 heteroatoms. The normalized spacial score (nSPS) is 17.3. The van der Waals surface area contributed by atoms with Crippen molar-refractivity contribution in [3.63, 3.8) is 0 Å². The molecule has 0 saturated carbocycles. The molecule has 3 aromatic rings. The number of ether oxygens (including phenoxy) is 2. The number of rotatable bonds is 9. The van der Waals surface area contributed by atoms with Gasteiger partial charge in [0.05, 0.1) is 5.41 Å². The van der Waals surface area contributed by atoms with Crippen LogP contribution in [0, 0.1) is 11.2 Å². The van der Waals surface area contributed by atoms with E-state index in [0.29, 0.717) is 16.1 Å². The summed E-state index contributed by atoms with van der Waals surface area (Å²) in [5.74, 6) is -1.47. The fourth-order valence-corrected chi connectivity index (χ4v) is 5.38. The SMILES string of the molecule is CC(C)(C)OC(=O)N[C@H](Cc1ccc(-c2cc(Cl)ccc2F)cc1)CC1(C(=O)O)CCN(C(=O)OCc2ccccc2)C1. The molecule has 0 bridgehead atoms. The Bertz CT molecular complexity index is 1440. The number of hydrogen-bond acceptors (Lipinski definition) is 5. The molecule has 0 aromatic heterocycles. The van der Waals surface area contributed by atoms with Gasteiger partial charge in [0.25, 0.3) is 0 Å². The molecule has 3 aromatic carbocycles. The van der Waals surface area contributed by atoms with E-state index in [1.807, 2.05) is 30.3 Å². The van der Waals surface area contributed by atoms with Crippen LogP contribution in [-0.4, -0.2) is 52.9 Å². The number of alkyl carbamates (subject to hydrolysis) is 1. The van der Waals surface area contributed by atoms with Crippen molar-refractivity contribution in [2.24, 2.45) is 5.41 Å². The maximum absolute atomic E-state index is 14.4. The first-order valence-electron chi connectivity index (χ1n) is 14.1. The molecule has 228 valence electrons. The van der Waals surface area contributed by atoms with Crippen molar-refractivity contribution in [3.05, 3.63) is 94.8 Å². The van der Waals surface area contributed by atoms with Gasteiger partial charge in [0, 0.05) is 29.7 Å². The van der Waals surface area contributed by atoms with Crippen LogP contribution in [0.15, 0.2) is 72.8 Å². The Morgan fingerprint density at radius 3 is 2.40 bits per heavy atom. The monoisotopic (exact) mass is 610 g/mol. The lowest BCUT2D eigenvalue weighted by molar-refractivity contribution is -0.149. The third-order valence-electron chi connectivity index (χ3n) is 7.30. The number of carbonyl (C=O) groups is 3. The molecule has 8 nitrogen and oxygen atoms in total. The molecule has 0 aliphatic carbocycles. The summed E-state index contributed by atoms with van der Waals surface area (Å²) in [6.45, 7) is 5.44. The van der Waals surface area contributed by atoms with Crippen molar-refractivity contribution in [1.29, 1.82) is 0 Å². The summed E-state index contributed by atoms with van der Waals surface area (Å²) >= 11 is 6.06. The second-order valence-electron chi connectivity index (χ2n) is 11.9. The minimum absolute atomic E-state index is 0.0503. The summed E-state index contributed by atoms with van der Waals surface area (Å²) < 4.78 is 25.3. The van der Waals surface area contributed by atoms with Crippen LogP contribution in [0.1, 0.15) is 44.7 Å². The molecule has 1 unspecified atom stereocenters. The molecule has 1 fully saturated rings. The third-order valence-corrected chi connectivity index (χ3v) is 7.54. The highest BCUT2D eigenvalue weighted by molar-refractivity contribution is 6.30. The fraction of sp³-hybridized carbons (Fsp3) is 0.364. The third kappa shape index (κ3) is 8.70. The second-order valence-corrected chi connectivity index (χ2v) is 12.3. The number of aliphatic carboxylic acids is 1. The van der Waals surface area contributed by atoms with E-state index in [9.17, 15) is 23.9 Å². The van der Waals surface area contributed by atoms with Crippen LogP contribution < -0.4 is 5.32 Å². The van der Waals surface area contributed by atoms with Crippen molar-refractivity contribution in [2.75, 3.05) is 13.1 Å². The molecule has 43 heavy (non-hydrogen) atoms. The highest BCUT2D eigenvalue weighted by Gasteiger charge is 2.48. The minimum atomic E-state index is -1.31. The number of nitrogens with zero attached hydrogens (tertiary/aromatic N) is 1. The lowest BCUT2D eigenvalue weighted by Crippen LogP contribution is -2.46. The number of likely N-dealkylation sites (tertiary alicyclic amines) is 1. The van der Waals surface area contributed by atoms with Gasteiger partial charge in [0.1, 0.15) is 18.0 Å². The van der Waals surface area contributed by atoms with E-state index in [4.69, 9.17) is 21.1 Å². The van der Waals surface area contributed by atoms with Gasteiger partial charge in [-0.05, 0) is 74.9 Å². The van der Waals surface area contributed by atoms with Crippen LogP contribution in [0.5, 0.6) is 0 Å². The highest BCUT2D eigenvalue weighted by atomic mass is 35.5. The lowest BCUT2D eigenvalue weighted by atomic mass is 9.79. The number of amides is 2. The summed E-state index contributed by atoms with van der Waals surface area (Å²) in [7, 11) is 0. The summed E-state index contributed by atoms with van der Waals surface area (Å²) in [6, 6.07) is 20.0. The number of hydrogen-bond donors (Lipinski definition) is 2. The second kappa shape index (κ2) is 13.5. The van der Waals surface area contributed by atoms with E-state index in [2.05, 4.69) is 5.32 Å². The smallest absolute Gasteiger partial charge is 0.410 e. The summed E-state index contributed by atoms with van der Waals surface area (Å²) in [6.07, 6.45) is -0.734. The molecular formula is C33H36ClFN2O6. The average molecular weight is 611 g/mol. The van der Waals surface area contributed by atoms with Crippen LogP contribution in [0.25, 0.3) is 11.1 Å². The van der Waals surface area contributed by atoms with Crippen LogP contribution in [0.4, 0.5) is 14.0 Å². The first-order chi connectivity index (χ1) is 20.3. The fourth-order valence-electron chi connectivity index (χ4n) is 5.21. The topological polar surface area (TPSA) is 105 Å². The van der Waals surface area contributed by atoms with Gasteiger partial charge in [0.2, 0.25) is 0 Å². The highest BCUT2D eigenvalue weighted by Crippen LogP contribution is 2.37. The maximum atomic E-state index is 14.4. The molecule has 1 saturated heterocycles. The van der Waals surface area contributed by atoms with Gasteiger partial charge < -0.3 is 24.8 Å². The number of nitrogens with one attached hydrogen (secondary N) is 1. The Balaban J connectivity index is 1.50. The molecule has 0 radical (unpaired) electrons. The molecule has 1 heterocycles. The van der Waals surface area contributed by atoms with Crippen molar-refractivity contribution in [1.82, 2.24) is 10.2 Å². The largest absolute Gasteiger partial charge is 0.481 e. The van der Waals surface area contributed by atoms with Gasteiger partial charge in [-0.1, -0.05) is 66.2 Å². The predicted molar refractivity (Wildman–Crippen MR) is 161 cm³/mol. The zero-order valence-corrected chi connectivity index (χ0v) is 25.2. The van der Waals surface area contributed by atoms with E-state index >= 15 is 0 Å². The molecule has 2 atom stereocenters. The quantitative estimate of drug-likeness (QED) is 0.268. The molecule has 4 rings (SSSR count). The first kappa shape index (κ1) is 31.8. The van der Waals surface area contributed by atoms with Crippen molar-refractivity contribution in [2.45, 2.75) is 58.3 Å². The molecule has 2 amide bonds. The van der Waals surface area contributed by atoms with Crippen LogP contribution in [-0.2, 0) is 27.3 Å². The van der Waals surface area contributed by atoms with Gasteiger partial charge in [0.15, 0.2) is 0 Å². The Labute approximate surface area is 255 Å². The van der Waals surface area contributed by atoms with E-state index in [-0.39, 0.29) is 39.0 Å². The Morgan fingerprint density at radius 1 is 1.05 bits per heavy atom. The van der Waals surface area contributed by atoms with Crippen molar-refractivity contribution >= 4 is 29.8 Å². The van der Waals surface area contributed by atoms with Gasteiger partial charge in [-0.2, -0.15) is 0 Å². The molecule has 2 N–H and O–H groups in total. The van der Waals surface area contributed by atoms with E-state index in [0.717, 1.165) is 11.1 Å². The minimum Gasteiger partial charge on any atom is -0.481 e. The zero-order chi connectivity index (χ0) is 31.2. The van der Waals surface area contributed by atoms with E-state index in [1.54, 1.807) is 51.1 Å². The Morgan fingerprint density at radius 2 is 1.74 bits per heavy atom. The summed E-state index contributed by atoms with van der Waals surface area (Å²) in [5.41, 5.74) is 0.541. The van der Waals surface area contributed by atoms with E-state index < -0.39 is 41.0 Å². The Hall–Kier alpha value is -4.11. The summed E-state index contributed by atoms with van der Waals surface area (Å²) in [5, 5.41) is 13.6. The molecule has 0 spiro atoms. The van der Waals surface area contributed by atoms with Gasteiger partial charge in [-0.3, -0.25) is 4.79 Å². The molecular weight excluding hydrogens is 575 g/mol. The average Bonchev–Trinajstić information content (AvgIpc) is 3.38. The Kier molecular flexibility index (Phi) is 9.96. The lowest BCUT2D eigenvalue weighted by Gasteiger charge is -2.31. The number of carboxylic acids is 1. The number of carboxylic acid groups (broad SMARTS) is 1. The van der Waals surface area contributed by atoms with Crippen LogP contribution >= 0.6 is 11.6 Å². The van der Waals surface area contributed by atoms with Crippen molar-refractivity contribution in [3.8, 4) is 11.1 Å². The predicted octanol–water partition coefficient (Wildman–Crippen LogP) is 7.09. The number of carbonyl (C=O) groups excluding carboxylic acids is 2. The van der Waals surface area contributed by atoms with Crippen molar-refractivity contribution < 1.29 is 33.4 Å².